The highest BCUT2D eigenvalue weighted by molar-refractivity contribution is 5.74. The van der Waals surface area contributed by atoms with Crippen molar-refractivity contribution in [1.29, 1.82) is 0 Å². The van der Waals surface area contributed by atoms with E-state index in [2.05, 4.69) is 53.7 Å². The quantitative estimate of drug-likeness (QED) is 0.0153. The largest absolute Gasteiger partial charge is 0.516 e. The van der Waals surface area contributed by atoms with Gasteiger partial charge in [-0.3, -0.25) is 19.2 Å². The minimum absolute atomic E-state index is 0.00360. The van der Waals surface area contributed by atoms with Crippen molar-refractivity contribution in [2.45, 2.75) is 297 Å². The van der Waals surface area contributed by atoms with Gasteiger partial charge in [-0.2, -0.15) is 0 Å². The first kappa shape index (κ1) is 66.2. The number of rotatable bonds is 44. The number of hydrogen-bond acceptors (Lipinski definition) is 12. The van der Waals surface area contributed by atoms with Crippen molar-refractivity contribution >= 4 is 30.0 Å². The van der Waals surface area contributed by atoms with E-state index in [1.165, 1.54) is 121 Å². The molecule has 0 amide bonds. The molecular weight excluding hydrogens is 961 g/mol. The van der Waals surface area contributed by atoms with Crippen LogP contribution in [0.2, 0.25) is 0 Å². The van der Waals surface area contributed by atoms with Crippen LogP contribution in [-0.2, 0) is 49.3 Å². The van der Waals surface area contributed by atoms with Crippen LogP contribution in [0.15, 0.2) is 23.8 Å². The van der Waals surface area contributed by atoms with E-state index in [9.17, 15) is 24.0 Å². The van der Waals surface area contributed by atoms with Crippen LogP contribution in [0, 0.1) is 11.8 Å². The van der Waals surface area contributed by atoms with Gasteiger partial charge in [0.25, 0.3) is 0 Å². The first-order valence-electron chi connectivity index (χ1n) is 30.8. The van der Waals surface area contributed by atoms with Gasteiger partial charge in [-0.25, -0.2) is 4.79 Å². The summed E-state index contributed by atoms with van der Waals surface area (Å²) in [6.45, 7) is 13.6. The summed E-state index contributed by atoms with van der Waals surface area (Å²) in [7, 11) is 0. The van der Waals surface area contributed by atoms with Crippen LogP contribution in [0.5, 0.6) is 11.5 Å². The first-order chi connectivity index (χ1) is 36.8. The summed E-state index contributed by atoms with van der Waals surface area (Å²) in [6.07, 6.45) is 37.7. The van der Waals surface area contributed by atoms with E-state index in [0.717, 1.165) is 101 Å². The Bertz CT molecular complexity index is 1770. The number of carbonyl (C=O) groups excluding carboxylic acids is 5. The fourth-order valence-corrected chi connectivity index (χ4v) is 10.8. The molecular formula is C64H106O12. The summed E-state index contributed by atoms with van der Waals surface area (Å²) >= 11 is 0. The molecule has 12 nitrogen and oxygen atoms in total. The zero-order valence-electron chi connectivity index (χ0n) is 49.0. The van der Waals surface area contributed by atoms with E-state index < -0.39 is 42.5 Å². The standard InChI is InChI=1S/C64H106O12/c1-8-11-14-16-18-20-22-24-26-28-30-32-35-38-58(65)70-47-53(48-71-59(66)39-36-33-31-29-27-25-23-21-19-17-15-12-9-2)74-61(68)44-51(5)43-60(67)72-49-73-63(69)75-56-45-52(37-34-13-10-3)46-57-62(56)54-42-50(4)40-41-55(54)64(6,7)76-57/h42,45-46,51,53-55H,8-41,43-44,47-49H2,1-7H3/t51?,54-,55-/m1/s1. The molecule has 0 fully saturated rings. The molecule has 0 bridgehead atoms. The van der Waals surface area contributed by atoms with Gasteiger partial charge < -0.3 is 33.2 Å². The maximum atomic E-state index is 13.2. The molecule has 1 aliphatic carbocycles. The second kappa shape index (κ2) is 40.1. The molecule has 1 aromatic carbocycles. The van der Waals surface area contributed by atoms with Crippen LogP contribution >= 0.6 is 0 Å². The van der Waals surface area contributed by atoms with Crippen molar-refractivity contribution in [3.8, 4) is 11.5 Å². The molecule has 0 aromatic heterocycles. The molecule has 0 saturated heterocycles. The maximum absolute atomic E-state index is 13.2. The Hall–Kier alpha value is -4.09. The van der Waals surface area contributed by atoms with Crippen LogP contribution in [0.25, 0.3) is 0 Å². The third-order valence-electron chi connectivity index (χ3n) is 15.3. The maximum Gasteiger partial charge on any atom is 0.516 e. The summed E-state index contributed by atoms with van der Waals surface area (Å²) < 4.78 is 39.8. The zero-order chi connectivity index (χ0) is 55.2. The minimum Gasteiger partial charge on any atom is -0.487 e. The smallest absolute Gasteiger partial charge is 0.487 e. The molecule has 1 unspecified atom stereocenters. The van der Waals surface area contributed by atoms with Gasteiger partial charge in [-0.1, -0.05) is 206 Å². The Balaban J connectivity index is 1.44. The van der Waals surface area contributed by atoms with Crippen LogP contribution in [0.4, 0.5) is 4.79 Å². The van der Waals surface area contributed by atoms with Crippen LogP contribution in [-0.4, -0.2) is 61.7 Å². The van der Waals surface area contributed by atoms with Gasteiger partial charge in [0.15, 0.2) is 6.10 Å². The summed E-state index contributed by atoms with van der Waals surface area (Å²) in [6, 6.07) is 3.98. The minimum atomic E-state index is -1.00. The highest BCUT2D eigenvalue weighted by atomic mass is 16.8. The van der Waals surface area contributed by atoms with Gasteiger partial charge in [-0.05, 0) is 82.9 Å². The van der Waals surface area contributed by atoms with E-state index in [4.69, 9.17) is 33.2 Å². The number of unbranched alkanes of at least 4 members (excludes halogenated alkanes) is 26. The Morgan fingerprint density at radius 2 is 1.04 bits per heavy atom. The van der Waals surface area contributed by atoms with Gasteiger partial charge in [0.1, 0.15) is 30.3 Å². The number of aryl methyl sites for hydroxylation is 1. The van der Waals surface area contributed by atoms with Crippen LogP contribution in [0.3, 0.4) is 0 Å². The summed E-state index contributed by atoms with van der Waals surface area (Å²) in [5.74, 6) is -1.29. The molecule has 3 atom stereocenters. The number of carbonyl (C=O) groups is 5. The van der Waals surface area contributed by atoms with E-state index in [1.807, 2.05) is 6.07 Å². The summed E-state index contributed by atoms with van der Waals surface area (Å²) in [4.78, 5) is 64.8. The summed E-state index contributed by atoms with van der Waals surface area (Å²) in [5.41, 5.74) is 2.71. The molecule has 1 aliphatic heterocycles. The summed E-state index contributed by atoms with van der Waals surface area (Å²) in [5, 5.41) is 0. The molecule has 3 rings (SSSR count). The van der Waals surface area contributed by atoms with Crippen molar-refractivity contribution in [3.05, 3.63) is 34.9 Å². The van der Waals surface area contributed by atoms with Crippen molar-refractivity contribution in [3.63, 3.8) is 0 Å². The molecule has 0 N–H and O–H groups in total. The average molecular weight is 1070 g/mol. The van der Waals surface area contributed by atoms with Gasteiger partial charge in [-0.15, -0.1) is 0 Å². The molecule has 1 heterocycles. The predicted molar refractivity (Wildman–Crippen MR) is 302 cm³/mol. The Labute approximate surface area is 460 Å². The number of fused-ring (bicyclic) bond motifs is 3. The van der Waals surface area contributed by atoms with Gasteiger partial charge in [0, 0.05) is 43.1 Å². The van der Waals surface area contributed by atoms with E-state index >= 15 is 0 Å². The third kappa shape index (κ3) is 29.0. The topological polar surface area (TPSA) is 150 Å². The van der Waals surface area contributed by atoms with Gasteiger partial charge in [0.2, 0.25) is 6.79 Å². The van der Waals surface area contributed by atoms with Gasteiger partial charge >= 0.3 is 30.0 Å². The Morgan fingerprint density at radius 3 is 1.54 bits per heavy atom. The molecule has 0 saturated carbocycles. The molecule has 76 heavy (non-hydrogen) atoms. The third-order valence-corrected chi connectivity index (χ3v) is 15.3. The lowest BCUT2D eigenvalue weighted by Gasteiger charge is -2.46. The van der Waals surface area contributed by atoms with Crippen molar-refractivity contribution in [2.75, 3.05) is 20.0 Å². The average Bonchev–Trinajstić information content (AvgIpc) is 3.37. The fraction of sp³-hybridized carbons (Fsp3) is 0.797. The number of benzene rings is 1. The van der Waals surface area contributed by atoms with Gasteiger partial charge in [0.05, 0.1) is 0 Å². The lowest BCUT2D eigenvalue weighted by Crippen LogP contribution is -2.45. The molecule has 0 radical (unpaired) electrons. The molecule has 434 valence electrons. The Morgan fingerprint density at radius 1 is 0.579 bits per heavy atom. The second-order valence-electron chi connectivity index (χ2n) is 23.0. The second-order valence-corrected chi connectivity index (χ2v) is 23.0. The number of hydrogen-bond donors (Lipinski definition) is 0. The monoisotopic (exact) mass is 1070 g/mol. The van der Waals surface area contributed by atoms with E-state index in [1.54, 1.807) is 6.92 Å². The lowest BCUT2D eigenvalue weighted by molar-refractivity contribution is -0.168. The highest BCUT2D eigenvalue weighted by Crippen LogP contribution is 2.54. The molecule has 2 aliphatic rings. The van der Waals surface area contributed by atoms with Crippen LogP contribution < -0.4 is 9.47 Å². The fourth-order valence-electron chi connectivity index (χ4n) is 10.8. The predicted octanol–water partition coefficient (Wildman–Crippen LogP) is 17.4. The molecule has 0 spiro atoms. The Kier molecular flexibility index (Phi) is 35.0. The number of ether oxygens (including phenoxy) is 7. The van der Waals surface area contributed by atoms with E-state index in [0.29, 0.717) is 11.5 Å². The number of allylic oxidation sites excluding steroid dienone is 2. The molecule has 1 aromatic rings. The van der Waals surface area contributed by atoms with Crippen molar-refractivity contribution in [2.24, 2.45) is 11.8 Å². The lowest BCUT2D eigenvalue weighted by atomic mass is 9.68. The normalized spacial score (nSPS) is 15.9. The highest BCUT2D eigenvalue weighted by Gasteiger charge is 2.46. The number of esters is 4. The van der Waals surface area contributed by atoms with E-state index in [-0.39, 0.29) is 62.7 Å². The zero-order valence-corrected chi connectivity index (χ0v) is 49.0. The SMILES string of the molecule is CCCCCCCCCCCCCCCC(=O)OCC(COC(=O)CCCCCCCCCCCCCCC)OC(=O)CC(C)CC(=O)OCOC(=O)Oc1cc(CCCCC)cc2c1[C@@H]1C=C(C)CC[C@H]1C(C)(C)O2. The van der Waals surface area contributed by atoms with Crippen LogP contribution in [0.1, 0.15) is 290 Å². The molecule has 12 heteroatoms. The van der Waals surface area contributed by atoms with Crippen molar-refractivity contribution in [1.82, 2.24) is 0 Å². The van der Waals surface area contributed by atoms with Crippen molar-refractivity contribution < 1.29 is 57.1 Å². The first-order valence-corrected chi connectivity index (χ1v) is 30.8.